The van der Waals surface area contributed by atoms with Crippen molar-refractivity contribution >= 4 is 11.6 Å². The molecule has 5 rings (SSSR count). The summed E-state index contributed by atoms with van der Waals surface area (Å²) in [7, 11) is 0. The number of aromatic nitrogens is 3. The third kappa shape index (κ3) is 5.02. The first-order chi connectivity index (χ1) is 18.3. The number of hydrogen-bond acceptors (Lipinski definition) is 8. The Morgan fingerprint density at radius 2 is 1.95 bits per heavy atom. The average Bonchev–Trinajstić information content (AvgIpc) is 3.58. The van der Waals surface area contributed by atoms with Crippen LogP contribution in [0, 0.1) is 17.5 Å². The summed E-state index contributed by atoms with van der Waals surface area (Å²) in [5.41, 5.74) is 0.466. The number of anilines is 1. The van der Waals surface area contributed by atoms with Gasteiger partial charge in [0.1, 0.15) is 36.7 Å². The van der Waals surface area contributed by atoms with Crippen molar-refractivity contribution in [2.75, 3.05) is 25.1 Å². The van der Waals surface area contributed by atoms with E-state index in [0.29, 0.717) is 25.1 Å². The summed E-state index contributed by atoms with van der Waals surface area (Å²) in [5, 5.41) is 31.7. The highest BCUT2D eigenvalue weighted by molar-refractivity contribution is 5.91. The lowest BCUT2D eigenvalue weighted by atomic mass is 9.88. The van der Waals surface area contributed by atoms with Crippen LogP contribution in [-0.2, 0) is 19.0 Å². The Balaban J connectivity index is 1.45. The van der Waals surface area contributed by atoms with Crippen LogP contribution in [0.25, 0.3) is 11.3 Å². The molecule has 1 spiro atoms. The van der Waals surface area contributed by atoms with Crippen molar-refractivity contribution in [3.05, 3.63) is 66.1 Å². The van der Waals surface area contributed by atoms with Gasteiger partial charge in [-0.15, -0.1) is 5.10 Å². The number of para-hydroxylation sites is 1. The zero-order valence-electron chi connectivity index (χ0n) is 20.0. The van der Waals surface area contributed by atoms with Crippen molar-refractivity contribution < 1.29 is 42.4 Å². The van der Waals surface area contributed by atoms with Gasteiger partial charge in [0.2, 0.25) is 5.91 Å². The predicted octanol–water partition coefficient (Wildman–Crippen LogP) is 2.19. The largest absolute Gasteiger partial charge is 0.394 e. The monoisotopic (exact) mass is 534 g/mol. The van der Waals surface area contributed by atoms with E-state index in [2.05, 4.69) is 15.6 Å². The zero-order chi connectivity index (χ0) is 26.9. The minimum absolute atomic E-state index is 0.0102. The van der Waals surface area contributed by atoms with Crippen molar-refractivity contribution in [3.8, 4) is 11.3 Å². The van der Waals surface area contributed by atoms with E-state index in [4.69, 9.17) is 14.2 Å². The highest BCUT2D eigenvalue weighted by Crippen LogP contribution is 2.44. The van der Waals surface area contributed by atoms with Gasteiger partial charge >= 0.3 is 0 Å². The first-order valence-electron chi connectivity index (χ1n) is 12.0. The van der Waals surface area contributed by atoms with Gasteiger partial charge in [0.05, 0.1) is 19.4 Å². The van der Waals surface area contributed by atoms with Crippen molar-refractivity contribution in [2.45, 2.75) is 43.0 Å². The Morgan fingerprint density at radius 3 is 2.61 bits per heavy atom. The molecule has 2 fully saturated rings. The third-order valence-corrected chi connectivity index (χ3v) is 6.57. The van der Waals surface area contributed by atoms with E-state index in [0.717, 1.165) is 12.1 Å². The molecule has 0 bridgehead atoms. The maximum Gasteiger partial charge on any atom is 0.250 e. The fourth-order valence-corrected chi connectivity index (χ4v) is 4.81. The number of benzene rings is 2. The number of aliphatic hydroxyl groups is 2. The van der Waals surface area contributed by atoms with Gasteiger partial charge in [0, 0.05) is 17.7 Å². The first kappa shape index (κ1) is 26.3. The van der Waals surface area contributed by atoms with Gasteiger partial charge in [-0.25, -0.2) is 17.9 Å². The number of nitrogens with zero attached hydrogens (tertiary/aromatic N) is 3. The second-order valence-electron chi connectivity index (χ2n) is 9.07. The summed E-state index contributed by atoms with van der Waals surface area (Å²) >= 11 is 0. The molecule has 5 atom stereocenters. The highest BCUT2D eigenvalue weighted by atomic mass is 19.2. The molecule has 3 N–H and O–H groups in total. The molecule has 1 aromatic heterocycles. The number of carbonyl (C=O) groups is 1. The molecular weight excluding hydrogens is 509 g/mol. The quantitative estimate of drug-likeness (QED) is 0.394. The fraction of sp³-hybridized carbons (Fsp3) is 0.400. The average molecular weight is 534 g/mol. The molecule has 0 aliphatic carbocycles. The van der Waals surface area contributed by atoms with Crippen molar-refractivity contribution in [1.82, 2.24) is 15.0 Å². The smallest absolute Gasteiger partial charge is 0.250 e. The van der Waals surface area contributed by atoms with E-state index in [1.807, 2.05) is 0 Å². The summed E-state index contributed by atoms with van der Waals surface area (Å²) < 4.78 is 60.1. The van der Waals surface area contributed by atoms with Gasteiger partial charge in [-0.05, 0) is 30.7 Å². The molecule has 0 saturated carbocycles. The maximum atomic E-state index is 13.8. The Morgan fingerprint density at radius 1 is 1.21 bits per heavy atom. The lowest BCUT2D eigenvalue weighted by Gasteiger charge is -2.49. The van der Waals surface area contributed by atoms with Gasteiger partial charge < -0.3 is 29.7 Å². The van der Waals surface area contributed by atoms with E-state index >= 15 is 0 Å². The lowest BCUT2D eigenvalue weighted by Crippen LogP contribution is -2.63. The fourth-order valence-electron chi connectivity index (χ4n) is 4.81. The summed E-state index contributed by atoms with van der Waals surface area (Å²) in [5.74, 6) is -6.30. The number of aliphatic hydroxyl groups excluding tert-OH is 2. The molecule has 0 unspecified atom stereocenters. The minimum Gasteiger partial charge on any atom is -0.394 e. The zero-order valence-corrected chi connectivity index (χ0v) is 20.0. The molecule has 2 aliphatic rings. The van der Waals surface area contributed by atoms with Gasteiger partial charge in [-0.1, -0.05) is 23.4 Å². The van der Waals surface area contributed by atoms with E-state index in [1.54, 1.807) is 30.3 Å². The molecule has 2 saturated heterocycles. The second-order valence-corrected chi connectivity index (χ2v) is 9.07. The standard InChI is InChI=1S/C25H25F3N4O6/c26-16-9-14(10-17(27)21(16)28)18-11-32(31-30-18)22-23(35)19(12-33)38-25(7-4-8-37-25)24(22)36-13-20(34)29-15-5-2-1-3-6-15/h1-3,5-6,9-11,19,22-24,33,35H,4,7-8,12-13H2,(H,29,34)/t19-,22-,23+,24-,25-/m1/s1. The van der Waals surface area contributed by atoms with Crippen LogP contribution in [0.4, 0.5) is 18.9 Å². The molecule has 202 valence electrons. The second kappa shape index (κ2) is 10.8. The maximum absolute atomic E-state index is 13.8. The lowest BCUT2D eigenvalue weighted by molar-refractivity contribution is -0.345. The number of nitrogens with one attached hydrogen (secondary N) is 1. The highest BCUT2D eigenvalue weighted by Gasteiger charge is 2.58. The molecule has 3 aromatic rings. The van der Waals surface area contributed by atoms with Crippen molar-refractivity contribution in [2.24, 2.45) is 0 Å². The summed E-state index contributed by atoms with van der Waals surface area (Å²) in [6.07, 6.45) is -1.36. The van der Waals surface area contributed by atoms with Crippen LogP contribution >= 0.6 is 0 Å². The Bertz CT molecular complexity index is 1260. The normalized spacial score (nSPS) is 27.1. The van der Waals surface area contributed by atoms with E-state index in [-0.39, 0.29) is 11.3 Å². The van der Waals surface area contributed by atoms with Crippen LogP contribution in [0.3, 0.4) is 0 Å². The summed E-state index contributed by atoms with van der Waals surface area (Å²) in [6, 6.07) is 9.20. The number of rotatable bonds is 7. The predicted molar refractivity (Wildman–Crippen MR) is 125 cm³/mol. The number of halogens is 3. The Kier molecular flexibility index (Phi) is 7.45. The van der Waals surface area contributed by atoms with E-state index < -0.39 is 66.7 Å². The van der Waals surface area contributed by atoms with Gasteiger partial charge in [-0.2, -0.15) is 0 Å². The Labute approximate surface area is 214 Å². The molecule has 13 heteroatoms. The summed E-state index contributed by atoms with van der Waals surface area (Å²) in [4.78, 5) is 12.6. The van der Waals surface area contributed by atoms with Crippen LogP contribution in [-0.4, -0.2) is 75.0 Å². The van der Waals surface area contributed by atoms with Crippen LogP contribution in [0.1, 0.15) is 18.9 Å². The molecule has 1 amide bonds. The Hall–Kier alpha value is -3.36. The molecule has 10 nitrogen and oxygen atoms in total. The number of hydrogen-bond donors (Lipinski definition) is 3. The molecule has 2 aromatic carbocycles. The number of ether oxygens (including phenoxy) is 3. The van der Waals surface area contributed by atoms with Gasteiger partial charge in [0.25, 0.3) is 0 Å². The van der Waals surface area contributed by atoms with Crippen LogP contribution < -0.4 is 5.32 Å². The van der Waals surface area contributed by atoms with E-state index in [9.17, 15) is 28.2 Å². The SMILES string of the molecule is O=C(CO[C@@H]1[C@H](n2cc(-c3cc(F)c(F)c(F)c3)nn2)[C@@H](O)[C@@H](CO)O[C@]12CCCO2)Nc1ccccc1. The molecule has 0 radical (unpaired) electrons. The van der Waals surface area contributed by atoms with Gasteiger partial charge in [0.15, 0.2) is 23.2 Å². The third-order valence-electron chi connectivity index (χ3n) is 6.57. The van der Waals surface area contributed by atoms with Crippen LogP contribution in [0.5, 0.6) is 0 Å². The number of amides is 1. The molecule has 38 heavy (non-hydrogen) atoms. The van der Waals surface area contributed by atoms with Gasteiger partial charge in [-0.3, -0.25) is 4.79 Å². The summed E-state index contributed by atoms with van der Waals surface area (Å²) in [6.45, 7) is -0.676. The topological polar surface area (TPSA) is 128 Å². The minimum atomic E-state index is -1.62. The van der Waals surface area contributed by atoms with Crippen LogP contribution in [0.15, 0.2) is 48.7 Å². The molecule has 3 heterocycles. The number of carbonyl (C=O) groups excluding carboxylic acids is 1. The molecular formula is C25H25F3N4O6. The first-order valence-corrected chi connectivity index (χ1v) is 12.0. The van der Waals surface area contributed by atoms with Crippen molar-refractivity contribution in [3.63, 3.8) is 0 Å². The molecule has 2 aliphatic heterocycles. The van der Waals surface area contributed by atoms with Crippen molar-refractivity contribution in [1.29, 1.82) is 0 Å². The van der Waals surface area contributed by atoms with E-state index in [1.165, 1.54) is 10.9 Å². The van der Waals surface area contributed by atoms with Crippen LogP contribution in [0.2, 0.25) is 0 Å².